The van der Waals surface area contributed by atoms with Gasteiger partial charge in [-0.05, 0) is 18.1 Å². The molecule has 2 heterocycles. The van der Waals surface area contributed by atoms with E-state index in [0.717, 1.165) is 12.1 Å². The van der Waals surface area contributed by atoms with E-state index in [4.69, 9.17) is 4.74 Å². The van der Waals surface area contributed by atoms with Gasteiger partial charge in [0.25, 0.3) is 0 Å². The third-order valence-electron chi connectivity index (χ3n) is 4.07. The molecular weight excluding hydrogens is 256 g/mol. The minimum absolute atomic E-state index is 0.00710. The SMILES string of the molecule is O=C(NCC1(O)CCOC1)C1CNc2ccccc2C1. The van der Waals surface area contributed by atoms with Crippen LogP contribution in [0.25, 0.3) is 0 Å². The van der Waals surface area contributed by atoms with Crippen molar-refractivity contribution in [3.05, 3.63) is 29.8 Å². The zero-order chi connectivity index (χ0) is 14.0. The number of nitrogens with one attached hydrogen (secondary N) is 2. The Kier molecular flexibility index (Phi) is 3.63. The van der Waals surface area contributed by atoms with Gasteiger partial charge in [-0.2, -0.15) is 0 Å². The van der Waals surface area contributed by atoms with Crippen molar-refractivity contribution in [3.8, 4) is 0 Å². The fraction of sp³-hybridized carbons (Fsp3) is 0.533. The van der Waals surface area contributed by atoms with Gasteiger partial charge in [0.15, 0.2) is 0 Å². The number of aliphatic hydroxyl groups is 1. The molecule has 5 heteroatoms. The van der Waals surface area contributed by atoms with Gasteiger partial charge in [-0.15, -0.1) is 0 Å². The average molecular weight is 276 g/mol. The second-order valence-corrected chi connectivity index (χ2v) is 5.68. The molecule has 0 bridgehead atoms. The Morgan fingerprint density at radius 1 is 1.50 bits per heavy atom. The van der Waals surface area contributed by atoms with E-state index in [1.165, 1.54) is 5.56 Å². The van der Waals surface area contributed by atoms with Crippen LogP contribution >= 0.6 is 0 Å². The highest BCUT2D eigenvalue weighted by Crippen LogP contribution is 2.24. The monoisotopic (exact) mass is 276 g/mol. The van der Waals surface area contributed by atoms with E-state index < -0.39 is 5.60 Å². The van der Waals surface area contributed by atoms with Crippen LogP contribution in [0.5, 0.6) is 0 Å². The maximum Gasteiger partial charge on any atom is 0.225 e. The van der Waals surface area contributed by atoms with E-state index in [9.17, 15) is 9.90 Å². The van der Waals surface area contributed by atoms with Crippen LogP contribution in [-0.2, 0) is 16.0 Å². The Labute approximate surface area is 118 Å². The van der Waals surface area contributed by atoms with Crippen molar-refractivity contribution < 1.29 is 14.6 Å². The first kappa shape index (κ1) is 13.4. The minimum Gasteiger partial charge on any atom is -0.386 e. The Bertz CT molecular complexity index is 498. The lowest BCUT2D eigenvalue weighted by atomic mass is 9.93. The van der Waals surface area contributed by atoms with Crippen LogP contribution in [-0.4, -0.2) is 42.9 Å². The van der Waals surface area contributed by atoms with Gasteiger partial charge < -0.3 is 20.5 Å². The Morgan fingerprint density at radius 2 is 2.35 bits per heavy atom. The molecule has 0 aromatic heterocycles. The number of rotatable bonds is 3. The summed E-state index contributed by atoms with van der Waals surface area (Å²) >= 11 is 0. The summed E-state index contributed by atoms with van der Waals surface area (Å²) < 4.78 is 5.17. The van der Waals surface area contributed by atoms with Crippen LogP contribution < -0.4 is 10.6 Å². The number of para-hydroxylation sites is 1. The van der Waals surface area contributed by atoms with Crippen LogP contribution in [0.15, 0.2) is 24.3 Å². The highest BCUT2D eigenvalue weighted by Gasteiger charge is 2.33. The zero-order valence-electron chi connectivity index (χ0n) is 11.4. The lowest BCUT2D eigenvalue weighted by Crippen LogP contribution is -2.47. The van der Waals surface area contributed by atoms with Crippen LogP contribution in [0.4, 0.5) is 5.69 Å². The molecule has 0 aliphatic carbocycles. The molecule has 0 saturated carbocycles. The van der Waals surface area contributed by atoms with Crippen LogP contribution in [0.2, 0.25) is 0 Å². The second-order valence-electron chi connectivity index (χ2n) is 5.68. The number of benzene rings is 1. The summed E-state index contributed by atoms with van der Waals surface area (Å²) in [6, 6.07) is 8.05. The Balaban J connectivity index is 1.56. The van der Waals surface area contributed by atoms with E-state index in [1.54, 1.807) is 0 Å². The van der Waals surface area contributed by atoms with Crippen molar-refractivity contribution in [3.63, 3.8) is 0 Å². The first-order valence-corrected chi connectivity index (χ1v) is 7.06. The molecular formula is C15H20N2O3. The molecule has 1 aromatic carbocycles. The quantitative estimate of drug-likeness (QED) is 0.753. The van der Waals surface area contributed by atoms with Gasteiger partial charge in [0.05, 0.1) is 12.5 Å². The van der Waals surface area contributed by atoms with Gasteiger partial charge in [-0.1, -0.05) is 18.2 Å². The average Bonchev–Trinajstić information content (AvgIpc) is 2.91. The van der Waals surface area contributed by atoms with Crippen molar-refractivity contribution in [2.24, 2.45) is 5.92 Å². The topological polar surface area (TPSA) is 70.6 Å². The molecule has 1 fully saturated rings. The maximum absolute atomic E-state index is 12.2. The molecule has 0 spiro atoms. The number of fused-ring (bicyclic) bond motifs is 1. The van der Waals surface area contributed by atoms with Crippen molar-refractivity contribution in [1.82, 2.24) is 5.32 Å². The summed E-state index contributed by atoms with van der Waals surface area (Å²) in [6.45, 7) is 1.77. The smallest absolute Gasteiger partial charge is 0.225 e. The molecule has 1 aromatic rings. The van der Waals surface area contributed by atoms with Crippen molar-refractivity contribution >= 4 is 11.6 Å². The molecule has 20 heavy (non-hydrogen) atoms. The van der Waals surface area contributed by atoms with Crippen LogP contribution in [0, 0.1) is 5.92 Å². The summed E-state index contributed by atoms with van der Waals surface area (Å²) in [7, 11) is 0. The first-order chi connectivity index (χ1) is 9.66. The van der Waals surface area contributed by atoms with E-state index in [1.807, 2.05) is 24.3 Å². The number of anilines is 1. The van der Waals surface area contributed by atoms with Crippen LogP contribution in [0.3, 0.4) is 0 Å². The van der Waals surface area contributed by atoms with E-state index >= 15 is 0 Å². The number of ether oxygens (including phenoxy) is 1. The maximum atomic E-state index is 12.2. The number of hydrogen-bond acceptors (Lipinski definition) is 4. The molecule has 5 nitrogen and oxygen atoms in total. The highest BCUT2D eigenvalue weighted by molar-refractivity contribution is 5.80. The van der Waals surface area contributed by atoms with Crippen LogP contribution in [0.1, 0.15) is 12.0 Å². The van der Waals surface area contributed by atoms with E-state index in [-0.39, 0.29) is 18.4 Å². The van der Waals surface area contributed by atoms with E-state index in [0.29, 0.717) is 26.2 Å². The van der Waals surface area contributed by atoms with E-state index in [2.05, 4.69) is 10.6 Å². The molecule has 2 aliphatic rings. The zero-order valence-corrected chi connectivity index (χ0v) is 11.4. The lowest BCUT2D eigenvalue weighted by molar-refractivity contribution is -0.125. The first-order valence-electron chi connectivity index (χ1n) is 7.06. The molecule has 3 N–H and O–H groups in total. The molecule has 2 unspecified atom stereocenters. The number of hydrogen-bond donors (Lipinski definition) is 3. The highest BCUT2D eigenvalue weighted by atomic mass is 16.5. The molecule has 0 radical (unpaired) electrons. The van der Waals surface area contributed by atoms with Gasteiger partial charge in [0.1, 0.15) is 5.60 Å². The molecule has 1 saturated heterocycles. The predicted octanol–water partition coefficient (Wildman–Crippen LogP) is 0.538. The lowest BCUT2D eigenvalue weighted by Gasteiger charge is -2.27. The Morgan fingerprint density at radius 3 is 3.15 bits per heavy atom. The molecule has 3 rings (SSSR count). The number of carbonyl (C=O) groups is 1. The second kappa shape index (κ2) is 5.42. The number of carbonyl (C=O) groups excluding carboxylic acids is 1. The molecule has 2 aliphatic heterocycles. The normalized spacial score (nSPS) is 28.6. The van der Waals surface area contributed by atoms with Crippen molar-refractivity contribution in [2.45, 2.75) is 18.4 Å². The van der Waals surface area contributed by atoms with Gasteiger partial charge >= 0.3 is 0 Å². The summed E-state index contributed by atoms with van der Waals surface area (Å²) in [5.41, 5.74) is 1.39. The molecule has 2 atom stereocenters. The summed E-state index contributed by atoms with van der Waals surface area (Å²) in [5, 5.41) is 16.3. The molecule has 108 valence electrons. The summed E-state index contributed by atoms with van der Waals surface area (Å²) in [6.07, 6.45) is 1.32. The third-order valence-corrected chi connectivity index (χ3v) is 4.07. The minimum atomic E-state index is -0.893. The predicted molar refractivity (Wildman–Crippen MR) is 75.5 cm³/mol. The summed E-state index contributed by atoms with van der Waals surface area (Å²) in [5.74, 6) is -0.0943. The molecule has 1 amide bonds. The standard InChI is InChI=1S/C15H20N2O3/c18-14(17-9-15(19)5-6-20-10-15)12-7-11-3-1-2-4-13(11)16-8-12/h1-4,12,16,19H,5-10H2,(H,17,18). The van der Waals surface area contributed by atoms with Gasteiger partial charge in [0, 0.05) is 31.8 Å². The largest absolute Gasteiger partial charge is 0.386 e. The van der Waals surface area contributed by atoms with Crippen molar-refractivity contribution in [2.75, 3.05) is 31.6 Å². The van der Waals surface area contributed by atoms with Gasteiger partial charge in [-0.3, -0.25) is 4.79 Å². The third kappa shape index (κ3) is 2.78. The van der Waals surface area contributed by atoms with Gasteiger partial charge in [0.2, 0.25) is 5.91 Å². The van der Waals surface area contributed by atoms with Gasteiger partial charge in [-0.25, -0.2) is 0 Å². The fourth-order valence-electron chi connectivity index (χ4n) is 2.76. The Hall–Kier alpha value is -1.59. The van der Waals surface area contributed by atoms with Crippen molar-refractivity contribution in [1.29, 1.82) is 0 Å². The number of amides is 1. The summed E-state index contributed by atoms with van der Waals surface area (Å²) in [4.78, 5) is 12.2. The fourth-order valence-corrected chi connectivity index (χ4v) is 2.76.